The van der Waals surface area contributed by atoms with Gasteiger partial charge < -0.3 is 10.4 Å². The van der Waals surface area contributed by atoms with Crippen molar-refractivity contribution < 1.29 is 9.90 Å². The molecule has 3 nitrogen and oxygen atoms in total. The lowest BCUT2D eigenvalue weighted by Gasteiger charge is -2.14. The molecule has 5 heteroatoms. The molecular weight excluding hydrogens is 325 g/mol. The fourth-order valence-electron chi connectivity index (χ4n) is 1.23. The average molecular weight is 339 g/mol. The minimum absolute atomic E-state index is 0.0468. The zero-order chi connectivity index (χ0) is 11.3. The van der Waals surface area contributed by atoms with Crippen molar-refractivity contribution in [1.82, 2.24) is 5.32 Å². The maximum absolute atomic E-state index is 11.7. The highest BCUT2D eigenvalue weighted by Gasteiger charge is 2.12. The number of halogens is 1. The summed E-state index contributed by atoms with van der Waals surface area (Å²) < 4.78 is 1.10. The van der Waals surface area contributed by atoms with Crippen molar-refractivity contribution in [2.45, 2.75) is 25.8 Å². The molecule has 0 aliphatic rings. The highest BCUT2D eigenvalue weighted by molar-refractivity contribution is 14.1. The fraction of sp³-hybridized carbons (Fsp3) is 0.500. The molecule has 1 rings (SSSR count). The first-order valence-corrected chi connectivity index (χ1v) is 6.79. The normalized spacial score (nSPS) is 12.5. The minimum Gasteiger partial charge on any atom is -0.396 e. The lowest BCUT2D eigenvalue weighted by atomic mass is 10.1. The van der Waals surface area contributed by atoms with Crippen molar-refractivity contribution in [2.24, 2.45) is 0 Å². The van der Waals surface area contributed by atoms with E-state index in [0.29, 0.717) is 12.0 Å². The number of carbonyl (C=O) groups excluding carboxylic acids is 1. The number of nitrogens with one attached hydrogen (secondary N) is 1. The standard InChI is InChI=1S/C10H14INO2S/c1-2-8(3-4-13)12-10(14)7-5-9(11)15-6-7/h5-6,8,13H,2-4H2,1H3,(H,12,14). The van der Waals surface area contributed by atoms with Crippen molar-refractivity contribution in [3.63, 3.8) is 0 Å². The van der Waals surface area contributed by atoms with Gasteiger partial charge in [0.1, 0.15) is 0 Å². The average Bonchev–Trinajstić information content (AvgIpc) is 2.64. The quantitative estimate of drug-likeness (QED) is 0.809. The third-order valence-electron chi connectivity index (χ3n) is 2.14. The van der Waals surface area contributed by atoms with E-state index >= 15 is 0 Å². The van der Waals surface area contributed by atoms with Gasteiger partial charge in [0, 0.05) is 18.0 Å². The molecule has 15 heavy (non-hydrogen) atoms. The van der Waals surface area contributed by atoms with Crippen molar-refractivity contribution >= 4 is 39.8 Å². The van der Waals surface area contributed by atoms with Gasteiger partial charge in [-0.2, -0.15) is 0 Å². The third-order valence-corrected chi connectivity index (χ3v) is 3.92. The predicted octanol–water partition coefficient (Wildman–Crippen LogP) is 2.24. The molecule has 0 bridgehead atoms. The number of aliphatic hydroxyl groups excluding tert-OH is 1. The summed E-state index contributed by atoms with van der Waals surface area (Å²) in [6, 6.07) is 1.94. The molecule has 84 valence electrons. The van der Waals surface area contributed by atoms with Crippen LogP contribution in [0.15, 0.2) is 11.4 Å². The molecule has 0 aliphatic carbocycles. The van der Waals surface area contributed by atoms with E-state index in [9.17, 15) is 4.79 Å². The van der Waals surface area contributed by atoms with Gasteiger partial charge in [-0.25, -0.2) is 0 Å². The Balaban J connectivity index is 2.54. The maximum atomic E-state index is 11.7. The first-order chi connectivity index (χ1) is 7.17. The van der Waals surface area contributed by atoms with E-state index in [0.717, 1.165) is 9.30 Å². The number of hydrogen-bond donors (Lipinski definition) is 2. The monoisotopic (exact) mass is 339 g/mol. The molecule has 1 amide bonds. The van der Waals surface area contributed by atoms with Gasteiger partial charge in [0.05, 0.1) is 8.45 Å². The first kappa shape index (κ1) is 12.9. The van der Waals surface area contributed by atoms with Crippen molar-refractivity contribution in [1.29, 1.82) is 0 Å². The van der Waals surface area contributed by atoms with Crippen LogP contribution in [0.4, 0.5) is 0 Å². The van der Waals surface area contributed by atoms with Crippen LogP contribution in [-0.2, 0) is 0 Å². The van der Waals surface area contributed by atoms with Gasteiger partial charge in [-0.05, 0) is 41.5 Å². The summed E-state index contributed by atoms with van der Waals surface area (Å²) in [7, 11) is 0. The van der Waals surface area contributed by atoms with E-state index in [4.69, 9.17) is 5.11 Å². The Hall–Kier alpha value is -0.140. The van der Waals surface area contributed by atoms with Crippen molar-refractivity contribution in [3.8, 4) is 0 Å². The highest BCUT2D eigenvalue weighted by Crippen LogP contribution is 2.16. The molecule has 0 aromatic carbocycles. The van der Waals surface area contributed by atoms with Crippen LogP contribution >= 0.6 is 33.9 Å². The van der Waals surface area contributed by atoms with Crippen LogP contribution in [-0.4, -0.2) is 23.7 Å². The molecule has 1 aromatic heterocycles. The predicted molar refractivity (Wildman–Crippen MR) is 70.3 cm³/mol. The van der Waals surface area contributed by atoms with E-state index < -0.39 is 0 Å². The Bertz CT molecular complexity index is 327. The largest absolute Gasteiger partial charge is 0.396 e. The molecular formula is C10H14INO2S. The summed E-state index contributed by atoms with van der Waals surface area (Å²) >= 11 is 3.75. The highest BCUT2D eigenvalue weighted by atomic mass is 127. The van der Waals surface area contributed by atoms with E-state index in [1.54, 1.807) is 11.3 Å². The zero-order valence-corrected chi connectivity index (χ0v) is 11.5. The van der Waals surface area contributed by atoms with Crippen molar-refractivity contribution in [3.05, 3.63) is 19.9 Å². The Morgan fingerprint density at radius 1 is 1.73 bits per heavy atom. The summed E-state index contributed by atoms with van der Waals surface area (Å²) in [6.07, 6.45) is 1.46. The first-order valence-electron chi connectivity index (χ1n) is 4.83. The van der Waals surface area contributed by atoms with Crippen LogP contribution in [0.1, 0.15) is 30.1 Å². The number of aliphatic hydroxyl groups is 1. The fourth-order valence-corrected chi connectivity index (χ4v) is 2.56. The molecule has 0 radical (unpaired) electrons. The lowest BCUT2D eigenvalue weighted by molar-refractivity contribution is 0.0929. The Morgan fingerprint density at radius 3 is 2.93 bits per heavy atom. The van der Waals surface area contributed by atoms with Gasteiger partial charge in [-0.3, -0.25) is 4.79 Å². The molecule has 0 aliphatic heterocycles. The second kappa shape index (κ2) is 6.44. The van der Waals surface area contributed by atoms with Gasteiger partial charge in [0.15, 0.2) is 0 Å². The minimum atomic E-state index is -0.0468. The Morgan fingerprint density at radius 2 is 2.47 bits per heavy atom. The van der Waals surface area contributed by atoms with Crippen LogP contribution < -0.4 is 5.32 Å². The van der Waals surface area contributed by atoms with Gasteiger partial charge in [0.25, 0.3) is 5.91 Å². The molecule has 0 saturated heterocycles. The molecule has 1 atom stereocenters. The molecule has 1 aromatic rings. The summed E-state index contributed by atoms with van der Waals surface area (Å²) in [5, 5.41) is 13.6. The SMILES string of the molecule is CCC(CCO)NC(=O)c1csc(I)c1. The van der Waals surface area contributed by atoms with E-state index in [2.05, 4.69) is 27.9 Å². The molecule has 0 saturated carbocycles. The molecule has 1 unspecified atom stereocenters. The second-order valence-corrected chi connectivity index (χ2v) is 6.04. The smallest absolute Gasteiger partial charge is 0.252 e. The van der Waals surface area contributed by atoms with E-state index in [-0.39, 0.29) is 18.6 Å². The summed E-state index contributed by atoms with van der Waals surface area (Å²) in [5.41, 5.74) is 0.709. The summed E-state index contributed by atoms with van der Waals surface area (Å²) in [4.78, 5) is 11.7. The van der Waals surface area contributed by atoms with Crippen molar-refractivity contribution in [2.75, 3.05) is 6.61 Å². The number of rotatable bonds is 5. The van der Waals surface area contributed by atoms with Gasteiger partial charge >= 0.3 is 0 Å². The number of hydrogen-bond acceptors (Lipinski definition) is 3. The summed E-state index contributed by atoms with van der Waals surface area (Å²) in [5.74, 6) is -0.0468. The van der Waals surface area contributed by atoms with E-state index in [1.165, 1.54) is 0 Å². The molecule has 0 fully saturated rings. The molecule has 2 N–H and O–H groups in total. The second-order valence-electron chi connectivity index (χ2n) is 3.23. The van der Waals surface area contributed by atoms with Crippen LogP contribution in [0.2, 0.25) is 0 Å². The molecule has 0 spiro atoms. The van der Waals surface area contributed by atoms with Crippen LogP contribution in [0.3, 0.4) is 0 Å². The van der Waals surface area contributed by atoms with Crippen LogP contribution in [0, 0.1) is 2.88 Å². The Kier molecular flexibility index (Phi) is 5.55. The summed E-state index contributed by atoms with van der Waals surface area (Å²) in [6.45, 7) is 2.11. The van der Waals surface area contributed by atoms with Crippen LogP contribution in [0.5, 0.6) is 0 Å². The lowest BCUT2D eigenvalue weighted by Crippen LogP contribution is -2.34. The Labute approximate surface area is 107 Å². The number of amides is 1. The maximum Gasteiger partial charge on any atom is 0.252 e. The topological polar surface area (TPSA) is 49.3 Å². The third kappa shape index (κ3) is 4.08. The van der Waals surface area contributed by atoms with Gasteiger partial charge in [-0.1, -0.05) is 6.92 Å². The number of carbonyl (C=O) groups is 1. The van der Waals surface area contributed by atoms with Gasteiger partial charge in [-0.15, -0.1) is 11.3 Å². The zero-order valence-electron chi connectivity index (χ0n) is 8.50. The van der Waals surface area contributed by atoms with Gasteiger partial charge in [0.2, 0.25) is 0 Å². The van der Waals surface area contributed by atoms with Crippen LogP contribution in [0.25, 0.3) is 0 Å². The number of thiophene rings is 1. The van der Waals surface area contributed by atoms with E-state index in [1.807, 2.05) is 18.4 Å². The molecule has 1 heterocycles.